The van der Waals surface area contributed by atoms with Gasteiger partial charge in [0.25, 0.3) is 0 Å². The first-order chi connectivity index (χ1) is 8.82. The van der Waals surface area contributed by atoms with Gasteiger partial charge in [0.05, 0.1) is 11.5 Å². The van der Waals surface area contributed by atoms with Crippen LogP contribution >= 0.6 is 0 Å². The van der Waals surface area contributed by atoms with Crippen LogP contribution in [0.5, 0.6) is 0 Å². The number of aliphatic hydroxyl groups is 1. The van der Waals surface area contributed by atoms with Crippen molar-refractivity contribution >= 4 is 12.0 Å². The summed E-state index contributed by atoms with van der Waals surface area (Å²) >= 11 is 0. The molecule has 0 aromatic rings. The van der Waals surface area contributed by atoms with Crippen LogP contribution in [0.2, 0.25) is 0 Å². The van der Waals surface area contributed by atoms with Gasteiger partial charge in [-0.2, -0.15) is 0 Å². The van der Waals surface area contributed by atoms with Gasteiger partial charge < -0.3 is 20.4 Å². The first-order valence-corrected chi connectivity index (χ1v) is 6.80. The standard InChI is InChI=1S/C13H24N2O4/c1-10(11(16)17)4-3-7-14-12(18)15-8-5-13(2,19)6-9-15/h10,19H,3-9H2,1-2H3,(H,14,18)(H,16,17). The molecule has 0 bridgehead atoms. The molecule has 0 spiro atoms. The molecule has 1 heterocycles. The van der Waals surface area contributed by atoms with Crippen LogP contribution in [0, 0.1) is 5.92 Å². The largest absolute Gasteiger partial charge is 0.481 e. The molecule has 0 aromatic heterocycles. The fourth-order valence-corrected chi connectivity index (χ4v) is 2.03. The van der Waals surface area contributed by atoms with Crippen molar-refractivity contribution in [3.8, 4) is 0 Å². The summed E-state index contributed by atoms with van der Waals surface area (Å²) in [7, 11) is 0. The van der Waals surface area contributed by atoms with Gasteiger partial charge in [0.1, 0.15) is 0 Å². The van der Waals surface area contributed by atoms with Crippen molar-refractivity contribution in [3.63, 3.8) is 0 Å². The molecule has 6 nitrogen and oxygen atoms in total. The van der Waals surface area contributed by atoms with Gasteiger partial charge in [0.15, 0.2) is 0 Å². The Kier molecular flexibility index (Phi) is 5.60. The molecule has 1 aliphatic rings. The molecule has 1 rings (SSSR count). The summed E-state index contributed by atoms with van der Waals surface area (Å²) in [5.74, 6) is -1.17. The lowest BCUT2D eigenvalue weighted by molar-refractivity contribution is -0.141. The Morgan fingerprint density at radius 2 is 1.95 bits per heavy atom. The van der Waals surface area contributed by atoms with E-state index in [1.807, 2.05) is 0 Å². The number of carboxylic acids is 1. The summed E-state index contributed by atoms with van der Waals surface area (Å²) in [4.78, 5) is 24.1. The number of rotatable bonds is 5. The number of hydrogen-bond acceptors (Lipinski definition) is 3. The lowest BCUT2D eigenvalue weighted by atomic mass is 9.94. The third-order valence-electron chi connectivity index (χ3n) is 3.64. The Hall–Kier alpha value is -1.30. The van der Waals surface area contributed by atoms with E-state index < -0.39 is 11.6 Å². The summed E-state index contributed by atoms with van der Waals surface area (Å²) in [5, 5.41) is 21.3. The smallest absolute Gasteiger partial charge is 0.317 e. The van der Waals surface area contributed by atoms with Crippen molar-refractivity contribution in [2.45, 2.75) is 45.1 Å². The predicted octanol–water partition coefficient (Wildman–Crippen LogP) is 1.04. The summed E-state index contributed by atoms with van der Waals surface area (Å²) < 4.78 is 0. The summed E-state index contributed by atoms with van der Waals surface area (Å²) in [6.07, 6.45) is 2.40. The maximum Gasteiger partial charge on any atom is 0.317 e. The molecular formula is C13H24N2O4. The van der Waals surface area contributed by atoms with Gasteiger partial charge in [-0.25, -0.2) is 4.79 Å². The number of nitrogens with one attached hydrogen (secondary N) is 1. The maximum atomic E-state index is 11.8. The second kappa shape index (κ2) is 6.75. The first-order valence-electron chi connectivity index (χ1n) is 6.80. The molecule has 1 fully saturated rings. The van der Waals surface area contributed by atoms with E-state index in [1.165, 1.54) is 0 Å². The third kappa shape index (κ3) is 5.46. The number of carboxylic acid groups (broad SMARTS) is 1. The minimum Gasteiger partial charge on any atom is -0.481 e. The number of amides is 2. The molecule has 0 aliphatic carbocycles. The van der Waals surface area contributed by atoms with Crippen LogP contribution < -0.4 is 5.32 Å². The average molecular weight is 272 g/mol. The molecule has 2 amide bonds. The number of urea groups is 1. The van der Waals surface area contributed by atoms with Gasteiger partial charge in [-0.05, 0) is 32.6 Å². The van der Waals surface area contributed by atoms with Crippen LogP contribution in [0.15, 0.2) is 0 Å². The van der Waals surface area contributed by atoms with Crippen LogP contribution in [0.25, 0.3) is 0 Å². The van der Waals surface area contributed by atoms with Crippen LogP contribution in [0.4, 0.5) is 4.79 Å². The SMILES string of the molecule is CC(CCCNC(=O)N1CCC(C)(O)CC1)C(=O)O. The second-order valence-electron chi connectivity index (χ2n) is 5.60. The van der Waals surface area contributed by atoms with Crippen molar-refractivity contribution in [1.29, 1.82) is 0 Å². The van der Waals surface area contributed by atoms with Gasteiger partial charge in [-0.15, -0.1) is 0 Å². The fourth-order valence-electron chi connectivity index (χ4n) is 2.03. The number of carbonyl (C=O) groups is 2. The molecule has 1 saturated heterocycles. The number of hydrogen-bond donors (Lipinski definition) is 3. The second-order valence-corrected chi connectivity index (χ2v) is 5.60. The Morgan fingerprint density at radius 3 is 2.47 bits per heavy atom. The highest BCUT2D eigenvalue weighted by Gasteiger charge is 2.29. The van der Waals surface area contributed by atoms with Gasteiger partial charge in [-0.3, -0.25) is 4.79 Å². The highest BCUT2D eigenvalue weighted by molar-refractivity contribution is 5.74. The van der Waals surface area contributed by atoms with Gasteiger partial charge in [-0.1, -0.05) is 6.92 Å². The van der Waals surface area contributed by atoms with E-state index in [9.17, 15) is 14.7 Å². The van der Waals surface area contributed by atoms with Crippen molar-refractivity contribution in [1.82, 2.24) is 10.2 Å². The number of aliphatic carboxylic acids is 1. The Balaban J connectivity index is 2.17. The van der Waals surface area contributed by atoms with E-state index in [0.717, 1.165) is 0 Å². The zero-order chi connectivity index (χ0) is 14.5. The molecule has 3 N–H and O–H groups in total. The monoisotopic (exact) mass is 272 g/mol. The normalized spacial score (nSPS) is 19.8. The summed E-state index contributed by atoms with van der Waals surface area (Å²) in [5.41, 5.74) is -0.659. The van der Waals surface area contributed by atoms with E-state index in [2.05, 4.69) is 5.32 Å². The number of carbonyl (C=O) groups excluding carboxylic acids is 1. The molecule has 0 saturated carbocycles. The number of nitrogens with zero attached hydrogens (tertiary/aromatic N) is 1. The van der Waals surface area contributed by atoms with Crippen molar-refractivity contribution in [2.24, 2.45) is 5.92 Å². The zero-order valence-electron chi connectivity index (χ0n) is 11.7. The molecular weight excluding hydrogens is 248 g/mol. The minimum absolute atomic E-state index is 0.126. The molecule has 1 unspecified atom stereocenters. The van der Waals surface area contributed by atoms with Crippen molar-refractivity contribution in [2.75, 3.05) is 19.6 Å². The Morgan fingerprint density at radius 1 is 1.37 bits per heavy atom. The van der Waals surface area contributed by atoms with E-state index in [1.54, 1.807) is 18.7 Å². The molecule has 110 valence electrons. The zero-order valence-corrected chi connectivity index (χ0v) is 11.7. The fraction of sp³-hybridized carbons (Fsp3) is 0.846. The van der Waals surface area contributed by atoms with Crippen molar-refractivity contribution < 1.29 is 19.8 Å². The molecule has 1 aliphatic heterocycles. The third-order valence-corrected chi connectivity index (χ3v) is 3.64. The quantitative estimate of drug-likeness (QED) is 0.652. The van der Waals surface area contributed by atoms with E-state index in [-0.39, 0.29) is 11.9 Å². The highest BCUT2D eigenvalue weighted by atomic mass is 16.4. The van der Waals surface area contributed by atoms with E-state index in [0.29, 0.717) is 45.3 Å². The summed E-state index contributed by atoms with van der Waals surface area (Å²) in [6.45, 7) is 5.06. The maximum absolute atomic E-state index is 11.8. The molecule has 1 atom stereocenters. The van der Waals surface area contributed by atoms with E-state index >= 15 is 0 Å². The van der Waals surface area contributed by atoms with Crippen molar-refractivity contribution in [3.05, 3.63) is 0 Å². The van der Waals surface area contributed by atoms with E-state index in [4.69, 9.17) is 5.11 Å². The number of likely N-dealkylation sites (tertiary alicyclic amines) is 1. The first kappa shape index (κ1) is 15.8. The van der Waals surface area contributed by atoms with Crippen LogP contribution in [0.1, 0.15) is 39.5 Å². The topological polar surface area (TPSA) is 89.9 Å². The molecule has 19 heavy (non-hydrogen) atoms. The van der Waals surface area contributed by atoms with Crippen LogP contribution in [-0.2, 0) is 4.79 Å². The summed E-state index contributed by atoms with van der Waals surface area (Å²) in [6, 6.07) is -0.126. The van der Waals surface area contributed by atoms with Crippen LogP contribution in [0.3, 0.4) is 0 Å². The lowest BCUT2D eigenvalue weighted by Crippen LogP contribution is -2.49. The van der Waals surface area contributed by atoms with Crippen LogP contribution in [-0.4, -0.2) is 52.3 Å². The molecule has 6 heteroatoms. The molecule has 0 radical (unpaired) electrons. The average Bonchev–Trinajstić information content (AvgIpc) is 2.33. The number of piperidine rings is 1. The Labute approximate surface area is 113 Å². The highest BCUT2D eigenvalue weighted by Crippen LogP contribution is 2.20. The molecule has 0 aromatic carbocycles. The van der Waals surface area contributed by atoms with Gasteiger partial charge in [0, 0.05) is 19.6 Å². The Bertz CT molecular complexity index is 321. The van der Waals surface area contributed by atoms with Gasteiger partial charge >= 0.3 is 12.0 Å². The predicted molar refractivity (Wildman–Crippen MR) is 70.9 cm³/mol. The minimum atomic E-state index is -0.801. The van der Waals surface area contributed by atoms with Gasteiger partial charge in [0.2, 0.25) is 0 Å². The lowest BCUT2D eigenvalue weighted by Gasteiger charge is -2.35.